The standard InChI is InChI=1S/C13H22N2O2S/c1-10-8-11(2-5-17-10)14-12-15-13(9-18-12)3-6-16-7-4-13/h10-11H,2-9H2,1H3,(H,14,15). The summed E-state index contributed by atoms with van der Waals surface area (Å²) >= 11 is 1.89. The second-order valence-electron chi connectivity index (χ2n) is 5.60. The van der Waals surface area contributed by atoms with E-state index in [-0.39, 0.29) is 5.54 Å². The molecule has 4 nitrogen and oxygen atoms in total. The van der Waals surface area contributed by atoms with Gasteiger partial charge in [0.25, 0.3) is 0 Å². The van der Waals surface area contributed by atoms with Crippen molar-refractivity contribution in [3.05, 3.63) is 0 Å². The van der Waals surface area contributed by atoms with Crippen molar-refractivity contribution >= 4 is 16.9 Å². The molecule has 0 radical (unpaired) electrons. The third kappa shape index (κ3) is 2.83. The summed E-state index contributed by atoms with van der Waals surface area (Å²) in [5, 5.41) is 4.81. The minimum absolute atomic E-state index is 0.262. The van der Waals surface area contributed by atoms with E-state index in [1.807, 2.05) is 11.8 Å². The smallest absolute Gasteiger partial charge is 0.157 e. The number of hydrogen-bond donors (Lipinski definition) is 1. The second-order valence-corrected chi connectivity index (χ2v) is 6.56. The number of nitrogens with zero attached hydrogens (tertiary/aromatic N) is 1. The fourth-order valence-electron chi connectivity index (χ4n) is 2.86. The van der Waals surface area contributed by atoms with E-state index >= 15 is 0 Å². The average molecular weight is 270 g/mol. The summed E-state index contributed by atoms with van der Waals surface area (Å²) in [6, 6.07) is 0.443. The SMILES string of the molecule is CC1CC(N=C2NC3(CCOCC3)CS2)CCO1. The molecule has 1 N–H and O–H groups in total. The van der Waals surface area contributed by atoms with E-state index in [1.54, 1.807) is 0 Å². The Morgan fingerprint density at radius 1 is 1.33 bits per heavy atom. The molecule has 2 atom stereocenters. The molecule has 0 amide bonds. The number of ether oxygens (including phenoxy) is 2. The molecule has 0 aromatic rings. The Morgan fingerprint density at radius 2 is 2.17 bits per heavy atom. The number of nitrogens with one attached hydrogen (secondary N) is 1. The monoisotopic (exact) mass is 270 g/mol. The third-order valence-electron chi connectivity index (χ3n) is 4.06. The minimum atomic E-state index is 0.262. The van der Waals surface area contributed by atoms with Crippen molar-refractivity contribution < 1.29 is 9.47 Å². The zero-order valence-corrected chi connectivity index (χ0v) is 11.8. The van der Waals surface area contributed by atoms with Crippen LogP contribution in [0.5, 0.6) is 0 Å². The molecule has 102 valence electrons. The highest BCUT2D eigenvalue weighted by Crippen LogP contribution is 2.32. The molecule has 3 rings (SSSR count). The molecule has 1 spiro atoms. The first-order chi connectivity index (χ1) is 8.76. The van der Waals surface area contributed by atoms with Crippen LogP contribution in [0.4, 0.5) is 0 Å². The molecule has 5 heteroatoms. The molecular formula is C13H22N2O2S. The van der Waals surface area contributed by atoms with Crippen LogP contribution in [0.15, 0.2) is 4.99 Å². The third-order valence-corrected chi connectivity index (χ3v) is 5.24. The summed E-state index contributed by atoms with van der Waals surface area (Å²) in [6.45, 7) is 4.76. The molecule has 3 aliphatic rings. The molecule has 18 heavy (non-hydrogen) atoms. The number of thioether (sulfide) groups is 1. The molecule has 3 saturated heterocycles. The highest BCUT2D eigenvalue weighted by molar-refractivity contribution is 8.14. The second kappa shape index (κ2) is 5.39. The zero-order chi connectivity index (χ0) is 12.4. The largest absolute Gasteiger partial charge is 0.381 e. The number of amidine groups is 1. The quantitative estimate of drug-likeness (QED) is 0.789. The lowest BCUT2D eigenvalue weighted by Gasteiger charge is -2.32. The highest BCUT2D eigenvalue weighted by Gasteiger charge is 2.39. The van der Waals surface area contributed by atoms with Gasteiger partial charge in [0.15, 0.2) is 5.17 Å². The summed E-state index contributed by atoms with van der Waals surface area (Å²) in [5.41, 5.74) is 0.262. The van der Waals surface area contributed by atoms with Gasteiger partial charge in [0, 0.05) is 25.6 Å². The summed E-state index contributed by atoms with van der Waals surface area (Å²) in [7, 11) is 0. The molecule has 3 fully saturated rings. The van der Waals surface area contributed by atoms with Crippen molar-refractivity contribution in [1.29, 1.82) is 0 Å². The first-order valence-corrected chi connectivity index (χ1v) is 7.92. The van der Waals surface area contributed by atoms with Gasteiger partial charge in [-0.25, -0.2) is 0 Å². The van der Waals surface area contributed by atoms with Crippen molar-refractivity contribution in [2.24, 2.45) is 4.99 Å². The lowest BCUT2D eigenvalue weighted by molar-refractivity contribution is 0.0204. The molecule has 0 aromatic heterocycles. The van der Waals surface area contributed by atoms with Crippen LogP contribution >= 0.6 is 11.8 Å². The van der Waals surface area contributed by atoms with E-state index in [0.717, 1.165) is 56.4 Å². The van der Waals surface area contributed by atoms with Crippen LogP contribution in [-0.2, 0) is 9.47 Å². The Morgan fingerprint density at radius 3 is 2.94 bits per heavy atom. The molecule has 0 bridgehead atoms. The maximum atomic E-state index is 5.57. The predicted molar refractivity (Wildman–Crippen MR) is 74.2 cm³/mol. The zero-order valence-electron chi connectivity index (χ0n) is 11.0. The minimum Gasteiger partial charge on any atom is -0.381 e. The van der Waals surface area contributed by atoms with Crippen LogP contribution in [0, 0.1) is 0 Å². The fourth-order valence-corrected chi connectivity index (χ4v) is 4.15. The molecule has 0 aromatic carbocycles. The van der Waals surface area contributed by atoms with Crippen LogP contribution in [0.1, 0.15) is 32.6 Å². The van der Waals surface area contributed by atoms with Crippen LogP contribution in [0.3, 0.4) is 0 Å². The van der Waals surface area contributed by atoms with Gasteiger partial charge in [-0.3, -0.25) is 4.99 Å². The van der Waals surface area contributed by atoms with Gasteiger partial charge in [-0.05, 0) is 32.6 Å². The fraction of sp³-hybridized carbons (Fsp3) is 0.923. The molecule has 3 heterocycles. The van der Waals surface area contributed by atoms with Gasteiger partial charge in [0.1, 0.15) is 0 Å². The predicted octanol–water partition coefficient (Wildman–Crippen LogP) is 1.80. The Balaban J connectivity index is 1.60. The maximum Gasteiger partial charge on any atom is 0.157 e. The van der Waals surface area contributed by atoms with Gasteiger partial charge in [0.05, 0.1) is 17.7 Å². The van der Waals surface area contributed by atoms with E-state index in [1.165, 1.54) is 0 Å². The molecule has 0 aliphatic carbocycles. The molecular weight excluding hydrogens is 248 g/mol. The van der Waals surface area contributed by atoms with Gasteiger partial charge in [-0.1, -0.05) is 11.8 Å². The summed E-state index contributed by atoms with van der Waals surface area (Å²) < 4.78 is 11.0. The van der Waals surface area contributed by atoms with Crippen LogP contribution in [0.25, 0.3) is 0 Å². The van der Waals surface area contributed by atoms with Gasteiger partial charge >= 0.3 is 0 Å². The highest BCUT2D eigenvalue weighted by atomic mass is 32.2. The summed E-state index contributed by atoms with van der Waals surface area (Å²) in [4.78, 5) is 4.88. The van der Waals surface area contributed by atoms with Crippen LogP contribution in [-0.4, -0.2) is 48.4 Å². The first-order valence-electron chi connectivity index (χ1n) is 6.94. The molecule has 2 unspecified atom stereocenters. The lowest BCUT2D eigenvalue weighted by atomic mass is 9.93. The van der Waals surface area contributed by atoms with Crippen molar-refractivity contribution in [3.8, 4) is 0 Å². The molecule has 0 saturated carbocycles. The average Bonchev–Trinajstić information content (AvgIpc) is 2.73. The van der Waals surface area contributed by atoms with E-state index in [4.69, 9.17) is 14.5 Å². The number of aliphatic imine (C=N–C) groups is 1. The van der Waals surface area contributed by atoms with Gasteiger partial charge < -0.3 is 14.8 Å². The Hall–Kier alpha value is -0.260. The lowest BCUT2D eigenvalue weighted by Crippen LogP contribution is -2.48. The van der Waals surface area contributed by atoms with E-state index in [0.29, 0.717) is 12.1 Å². The Kier molecular flexibility index (Phi) is 3.82. The van der Waals surface area contributed by atoms with Crippen molar-refractivity contribution in [2.45, 2.75) is 50.3 Å². The van der Waals surface area contributed by atoms with Crippen molar-refractivity contribution in [3.63, 3.8) is 0 Å². The normalized spacial score (nSPS) is 37.9. The maximum absolute atomic E-state index is 5.57. The van der Waals surface area contributed by atoms with Crippen LogP contribution in [0.2, 0.25) is 0 Å². The van der Waals surface area contributed by atoms with E-state index in [2.05, 4.69) is 12.2 Å². The number of hydrogen-bond acceptors (Lipinski definition) is 4. The molecule has 3 aliphatic heterocycles. The Bertz CT molecular complexity index is 329. The summed E-state index contributed by atoms with van der Waals surface area (Å²) in [5.74, 6) is 1.15. The summed E-state index contributed by atoms with van der Waals surface area (Å²) in [6.07, 6.45) is 4.71. The van der Waals surface area contributed by atoms with Crippen molar-refractivity contribution in [2.75, 3.05) is 25.6 Å². The Labute approximate surface area is 113 Å². The van der Waals surface area contributed by atoms with Gasteiger partial charge in [-0.2, -0.15) is 0 Å². The van der Waals surface area contributed by atoms with Crippen molar-refractivity contribution in [1.82, 2.24) is 5.32 Å². The topological polar surface area (TPSA) is 42.9 Å². The first kappa shape index (κ1) is 12.8. The van der Waals surface area contributed by atoms with E-state index in [9.17, 15) is 0 Å². The van der Waals surface area contributed by atoms with E-state index < -0.39 is 0 Å². The number of rotatable bonds is 1. The van der Waals surface area contributed by atoms with Crippen LogP contribution < -0.4 is 5.32 Å². The van der Waals surface area contributed by atoms with Gasteiger partial charge in [-0.15, -0.1) is 0 Å². The van der Waals surface area contributed by atoms with Gasteiger partial charge in [0.2, 0.25) is 0 Å².